The highest BCUT2D eigenvalue weighted by molar-refractivity contribution is 14.1. The minimum absolute atomic E-state index is 0.120. The Hall–Kier alpha value is -1.77. The molecule has 0 spiro atoms. The molecule has 1 atom stereocenters. The van der Waals surface area contributed by atoms with E-state index in [1.807, 2.05) is 22.6 Å². The van der Waals surface area contributed by atoms with E-state index in [0.29, 0.717) is 9.14 Å². The zero-order valence-corrected chi connectivity index (χ0v) is 11.8. The van der Waals surface area contributed by atoms with Gasteiger partial charge in [-0.3, -0.25) is 19.9 Å². The van der Waals surface area contributed by atoms with E-state index in [1.54, 1.807) is 24.3 Å². The van der Waals surface area contributed by atoms with Crippen molar-refractivity contribution in [3.8, 4) is 0 Å². The summed E-state index contributed by atoms with van der Waals surface area (Å²) in [5.41, 5.74) is -1.00. The molecule has 0 bridgehead atoms. The molecule has 1 aromatic carbocycles. The van der Waals surface area contributed by atoms with Crippen LogP contribution in [0.25, 0.3) is 0 Å². The summed E-state index contributed by atoms with van der Waals surface area (Å²) in [7, 11) is 0. The van der Waals surface area contributed by atoms with Crippen molar-refractivity contribution < 1.29 is 14.8 Å². The fourth-order valence-corrected chi connectivity index (χ4v) is 2.84. The Balaban J connectivity index is 2.64. The first-order valence-electron chi connectivity index (χ1n) is 5.34. The molecule has 0 saturated carbocycles. The molecule has 0 aromatic heterocycles. The van der Waals surface area contributed by atoms with E-state index in [1.165, 1.54) is 12.3 Å². The third-order valence-electron chi connectivity index (χ3n) is 2.86. The molecule has 0 amide bonds. The Morgan fingerprint density at radius 1 is 1.47 bits per heavy atom. The molecule has 98 valence electrons. The first kappa shape index (κ1) is 13.7. The zero-order valence-electron chi connectivity index (χ0n) is 9.62. The number of hydrogen-bond donors (Lipinski definition) is 1. The third-order valence-corrected chi connectivity index (χ3v) is 4.12. The number of carboxylic acid groups (broad SMARTS) is 1. The Kier molecular flexibility index (Phi) is 3.65. The first-order chi connectivity index (χ1) is 8.97. The number of hydrogen-bond acceptors (Lipinski definition) is 4. The topological polar surface area (TPSA) is 92.8 Å². The minimum atomic E-state index is -1.18. The molecule has 1 aliphatic heterocycles. The molecule has 0 radical (unpaired) electrons. The van der Waals surface area contributed by atoms with Crippen LogP contribution in [0, 0.1) is 10.1 Å². The van der Waals surface area contributed by atoms with Crippen molar-refractivity contribution in [3.63, 3.8) is 0 Å². The fourth-order valence-electron chi connectivity index (χ4n) is 2.05. The number of aliphatic carboxylic acids is 1. The van der Waals surface area contributed by atoms with Gasteiger partial charge >= 0.3 is 5.97 Å². The molecule has 1 aliphatic rings. The van der Waals surface area contributed by atoms with Crippen molar-refractivity contribution in [1.29, 1.82) is 0 Å². The van der Waals surface area contributed by atoms with Gasteiger partial charge in [-0.25, -0.2) is 0 Å². The van der Waals surface area contributed by atoms with Gasteiger partial charge in [-0.05, 0) is 34.7 Å². The van der Waals surface area contributed by atoms with Gasteiger partial charge in [-0.15, -0.1) is 0 Å². The van der Waals surface area contributed by atoms with Gasteiger partial charge < -0.3 is 5.11 Å². The molecule has 1 N–H and O–H groups in total. The number of rotatable bonds is 4. The molecule has 6 nitrogen and oxygen atoms in total. The predicted octanol–water partition coefficient (Wildman–Crippen LogP) is 2.67. The SMILES string of the molecule is O=C(O)CC1(c2ccccc2[N+](=O)[O-])N=CC=C1I. The van der Waals surface area contributed by atoms with Gasteiger partial charge in [0.15, 0.2) is 0 Å². The van der Waals surface area contributed by atoms with E-state index in [0.717, 1.165) is 0 Å². The number of carboxylic acids is 1. The largest absolute Gasteiger partial charge is 0.481 e. The van der Waals surface area contributed by atoms with Gasteiger partial charge in [0.05, 0.1) is 16.9 Å². The van der Waals surface area contributed by atoms with Crippen molar-refractivity contribution in [3.05, 3.63) is 49.6 Å². The predicted molar refractivity (Wildman–Crippen MR) is 77.6 cm³/mol. The number of benzene rings is 1. The van der Waals surface area contributed by atoms with Gasteiger partial charge in [0.1, 0.15) is 5.54 Å². The molecule has 1 aromatic rings. The second-order valence-corrected chi connectivity index (χ2v) is 5.16. The lowest BCUT2D eigenvalue weighted by molar-refractivity contribution is -0.386. The summed E-state index contributed by atoms with van der Waals surface area (Å²) in [5, 5.41) is 20.2. The molecule has 0 aliphatic carbocycles. The highest BCUT2D eigenvalue weighted by Crippen LogP contribution is 2.46. The normalized spacial score (nSPS) is 21.2. The smallest absolute Gasteiger partial charge is 0.306 e. The molecule has 19 heavy (non-hydrogen) atoms. The van der Waals surface area contributed by atoms with Crippen LogP contribution in [0.15, 0.2) is 38.9 Å². The number of halogens is 1. The Bertz CT molecular complexity index is 612. The number of allylic oxidation sites excluding steroid dienone is 1. The van der Waals surface area contributed by atoms with Crippen LogP contribution in [0.1, 0.15) is 12.0 Å². The zero-order chi connectivity index (χ0) is 14.0. The summed E-state index contributed by atoms with van der Waals surface area (Å²) >= 11 is 1.97. The van der Waals surface area contributed by atoms with E-state index in [2.05, 4.69) is 4.99 Å². The van der Waals surface area contributed by atoms with E-state index in [-0.39, 0.29) is 12.1 Å². The lowest BCUT2D eigenvalue weighted by Crippen LogP contribution is -2.27. The summed E-state index contributed by atoms with van der Waals surface area (Å²) in [5.74, 6) is -1.06. The van der Waals surface area contributed by atoms with Crippen molar-refractivity contribution in [2.75, 3.05) is 0 Å². The monoisotopic (exact) mass is 372 g/mol. The summed E-state index contributed by atoms with van der Waals surface area (Å²) < 4.78 is 0.654. The van der Waals surface area contributed by atoms with E-state index in [4.69, 9.17) is 5.11 Å². The summed E-state index contributed by atoms with van der Waals surface area (Å²) in [4.78, 5) is 25.9. The molecular weight excluding hydrogens is 363 g/mol. The first-order valence-corrected chi connectivity index (χ1v) is 6.42. The molecule has 1 heterocycles. The summed E-state index contributed by atoms with van der Waals surface area (Å²) in [6.07, 6.45) is 2.84. The van der Waals surface area contributed by atoms with Crippen molar-refractivity contribution >= 4 is 40.5 Å². The number of nitro groups is 1. The molecular formula is C12H9IN2O4. The molecule has 2 rings (SSSR count). The highest BCUT2D eigenvalue weighted by Gasteiger charge is 2.43. The Morgan fingerprint density at radius 2 is 2.16 bits per heavy atom. The summed E-state index contributed by atoms with van der Waals surface area (Å²) in [6.45, 7) is 0. The van der Waals surface area contributed by atoms with Crippen LogP contribution < -0.4 is 0 Å². The summed E-state index contributed by atoms with van der Waals surface area (Å²) in [6, 6.07) is 6.10. The maximum absolute atomic E-state index is 11.1. The maximum atomic E-state index is 11.1. The van der Waals surface area contributed by atoms with Crippen molar-refractivity contribution in [1.82, 2.24) is 0 Å². The van der Waals surface area contributed by atoms with Crippen LogP contribution in [0.4, 0.5) is 5.69 Å². The average Bonchev–Trinajstić information content (AvgIpc) is 2.71. The van der Waals surface area contributed by atoms with Crippen LogP contribution >= 0.6 is 22.6 Å². The van der Waals surface area contributed by atoms with Crippen LogP contribution in [0.2, 0.25) is 0 Å². The third kappa shape index (κ3) is 2.37. The van der Waals surface area contributed by atoms with Gasteiger partial charge in [-0.2, -0.15) is 0 Å². The van der Waals surface area contributed by atoms with Gasteiger partial charge in [0.2, 0.25) is 0 Å². The number of para-hydroxylation sites is 1. The number of carbonyl (C=O) groups is 1. The van der Waals surface area contributed by atoms with E-state index < -0.39 is 16.4 Å². The number of aliphatic imine (C=N–C) groups is 1. The average molecular weight is 372 g/mol. The standard InChI is InChI=1S/C12H9IN2O4/c13-10-5-6-14-12(10,7-11(16)17)8-3-1-2-4-9(8)15(18)19/h1-6H,7H2,(H,16,17). The molecule has 0 fully saturated rings. The second-order valence-electron chi connectivity index (χ2n) is 4.00. The van der Waals surface area contributed by atoms with Gasteiger partial charge in [0.25, 0.3) is 5.69 Å². The molecule has 7 heteroatoms. The maximum Gasteiger partial charge on any atom is 0.306 e. The van der Waals surface area contributed by atoms with E-state index >= 15 is 0 Å². The Labute approximate surface area is 122 Å². The van der Waals surface area contributed by atoms with Crippen LogP contribution in [-0.4, -0.2) is 22.2 Å². The van der Waals surface area contributed by atoms with Crippen LogP contribution in [0.5, 0.6) is 0 Å². The van der Waals surface area contributed by atoms with E-state index in [9.17, 15) is 14.9 Å². The lowest BCUT2D eigenvalue weighted by Gasteiger charge is -2.25. The number of nitrogens with zero attached hydrogens (tertiary/aromatic N) is 2. The fraction of sp³-hybridized carbons (Fsp3) is 0.167. The van der Waals surface area contributed by atoms with Crippen molar-refractivity contribution in [2.45, 2.75) is 12.0 Å². The van der Waals surface area contributed by atoms with Crippen LogP contribution in [0.3, 0.4) is 0 Å². The van der Waals surface area contributed by atoms with Crippen molar-refractivity contribution in [2.24, 2.45) is 4.99 Å². The van der Waals surface area contributed by atoms with Crippen LogP contribution in [-0.2, 0) is 10.3 Å². The lowest BCUT2D eigenvalue weighted by atomic mass is 9.86. The Morgan fingerprint density at radius 3 is 2.68 bits per heavy atom. The van der Waals surface area contributed by atoms with Gasteiger partial charge in [0, 0.05) is 15.9 Å². The molecule has 1 unspecified atom stereocenters. The number of nitro benzene ring substituents is 1. The second kappa shape index (κ2) is 5.08. The minimum Gasteiger partial charge on any atom is -0.481 e. The quantitative estimate of drug-likeness (QED) is 0.500. The van der Waals surface area contributed by atoms with Gasteiger partial charge in [-0.1, -0.05) is 12.1 Å². The highest BCUT2D eigenvalue weighted by atomic mass is 127. The molecule has 0 saturated heterocycles.